The Bertz CT molecular complexity index is 422. The first-order chi connectivity index (χ1) is 8.48. The number of nitrogens with one attached hydrogen (secondary N) is 1. The Morgan fingerprint density at radius 2 is 2.00 bits per heavy atom. The van der Waals surface area contributed by atoms with Crippen LogP contribution in [0.15, 0.2) is 22.7 Å². The zero-order valence-electron chi connectivity index (χ0n) is 10.8. The number of halogens is 1. The fraction of sp³-hybridized carbons (Fsp3) is 0.462. The van der Waals surface area contributed by atoms with E-state index in [0.717, 1.165) is 23.0 Å². The van der Waals surface area contributed by atoms with Crippen molar-refractivity contribution in [3.63, 3.8) is 0 Å². The molecule has 0 aliphatic carbocycles. The lowest BCUT2D eigenvalue weighted by atomic mass is 9.92. The smallest absolute Gasteiger partial charge is 0.248 e. The van der Waals surface area contributed by atoms with E-state index in [2.05, 4.69) is 35.1 Å². The zero-order chi connectivity index (χ0) is 13.8. The number of primary amides is 1. The maximum Gasteiger partial charge on any atom is 0.248 e. The minimum absolute atomic E-state index is 0.114. The molecule has 0 aliphatic rings. The van der Waals surface area contributed by atoms with Crippen LogP contribution in [0.5, 0.6) is 0 Å². The summed E-state index contributed by atoms with van der Waals surface area (Å²) in [7, 11) is 0. The van der Waals surface area contributed by atoms with E-state index in [9.17, 15) is 4.79 Å². The minimum atomic E-state index is -0.432. The number of rotatable bonds is 6. The Balaban J connectivity index is 3.01. The van der Waals surface area contributed by atoms with Gasteiger partial charge in [0.25, 0.3) is 0 Å². The third-order valence-corrected chi connectivity index (χ3v) is 4.05. The highest BCUT2D eigenvalue weighted by molar-refractivity contribution is 9.10. The Morgan fingerprint density at radius 3 is 2.39 bits per heavy atom. The summed E-state index contributed by atoms with van der Waals surface area (Å²) in [5.74, 6) is -0.432. The molecule has 0 bridgehead atoms. The van der Waals surface area contributed by atoms with E-state index < -0.39 is 5.91 Å². The molecule has 18 heavy (non-hydrogen) atoms. The molecule has 1 aromatic rings. The second-order valence-corrected chi connectivity index (χ2v) is 5.23. The van der Waals surface area contributed by atoms with Gasteiger partial charge in [-0.2, -0.15) is 0 Å². The molecule has 0 aromatic heterocycles. The van der Waals surface area contributed by atoms with Crippen LogP contribution in [0.4, 0.5) is 5.69 Å². The molecule has 0 fully saturated rings. The molecule has 4 nitrogen and oxygen atoms in total. The molecule has 1 amide bonds. The van der Waals surface area contributed by atoms with Crippen LogP contribution in [-0.2, 0) is 0 Å². The van der Waals surface area contributed by atoms with Crippen molar-refractivity contribution in [2.24, 2.45) is 11.5 Å². The highest BCUT2D eigenvalue weighted by Crippen LogP contribution is 2.28. The molecule has 0 saturated carbocycles. The molecular formula is C13H20BrN3O. The predicted molar refractivity (Wildman–Crippen MR) is 78.7 cm³/mol. The van der Waals surface area contributed by atoms with Crippen molar-refractivity contribution in [3.8, 4) is 0 Å². The van der Waals surface area contributed by atoms with Gasteiger partial charge in [-0.3, -0.25) is 4.79 Å². The fourth-order valence-electron chi connectivity index (χ4n) is 1.82. The fourth-order valence-corrected chi connectivity index (χ4v) is 2.30. The van der Waals surface area contributed by atoms with Crippen LogP contribution in [-0.4, -0.2) is 18.0 Å². The quantitative estimate of drug-likeness (QED) is 0.754. The lowest BCUT2D eigenvalue weighted by Crippen LogP contribution is -2.44. The van der Waals surface area contributed by atoms with Gasteiger partial charge < -0.3 is 16.8 Å². The van der Waals surface area contributed by atoms with Gasteiger partial charge in [0, 0.05) is 27.8 Å². The average Bonchev–Trinajstić information content (AvgIpc) is 2.38. The van der Waals surface area contributed by atoms with Gasteiger partial charge in [0.1, 0.15) is 0 Å². The molecule has 0 radical (unpaired) electrons. The first-order valence-electron chi connectivity index (χ1n) is 6.05. The molecule has 5 heteroatoms. The normalized spacial score (nSPS) is 11.3. The number of carbonyl (C=O) groups excluding carboxylic acids is 1. The number of anilines is 1. The van der Waals surface area contributed by atoms with Gasteiger partial charge in [0.05, 0.1) is 0 Å². The number of nitrogens with two attached hydrogens (primary N) is 2. The highest BCUT2D eigenvalue weighted by atomic mass is 79.9. The van der Waals surface area contributed by atoms with Crippen LogP contribution in [0.1, 0.15) is 37.0 Å². The molecule has 0 spiro atoms. The summed E-state index contributed by atoms with van der Waals surface area (Å²) in [5, 5.41) is 3.45. The van der Waals surface area contributed by atoms with Crippen molar-refractivity contribution < 1.29 is 4.79 Å². The first-order valence-corrected chi connectivity index (χ1v) is 6.85. The molecule has 0 aliphatic heterocycles. The maximum absolute atomic E-state index is 11.1. The van der Waals surface area contributed by atoms with E-state index in [1.807, 2.05) is 6.07 Å². The van der Waals surface area contributed by atoms with Gasteiger partial charge in [-0.05, 0) is 47.0 Å². The number of hydrogen-bond donors (Lipinski definition) is 3. The van der Waals surface area contributed by atoms with Crippen molar-refractivity contribution in [2.45, 2.75) is 32.2 Å². The van der Waals surface area contributed by atoms with E-state index in [1.54, 1.807) is 12.1 Å². The Kier molecular flexibility index (Phi) is 5.16. The lowest BCUT2D eigenvalue weighted by molar-refractivity contribution is 0.100. The summed E-state index contributed by atoms with van der Waals surface area (Å²) in [6, 6.07) is 5.28. The number of carbonyl (C=O) groups is 1. The van der Waals surface area contributed by atoms with Gasteiger partial charge in [0.15, 0.2) is 0 Å². The monoisotopic (exact) mass is 313 g/mol. The Labute approximate surface area is 116 Å². The largest absolute Gasteiger partial charge is 0.377 e. The summed E-state index contributed by atoms with van der Waals surface area (Å²) in [6.07, 6.45) is 1.87. The molecular weight excluding hydrogens is 294 g/mol. The van der Waals surface area contributed by atoms with Crippen molar-refractivity contribution in [2.75, 3.05) is 11.9 Å². The summed E-state index contributed by atoms with van der Waals surface area (Å²) in [5.41, 5.74) is 12.4. The van der Waals surface area contributed by atoms with Gasteiger partial charge in [0.2, 0.25) is 5.91 Å². The second kappa shape index (κ2) is 6.20. The van der Waals surface area contributed by atoms with Gasteiger partial charge in [-0.25, -0.2) is 0 Å². The molecule has 0 unspecified atom stereocenters. The van der Waals surface area contributed by atoms with Gasteiger partial charge in [-0.15, -0.1) is 0 Å². The second-order valence-electron chi connectivity index (χ2n) is 4.38. The summed E-state index contributed by atoms with van der Waals surface area (Å²) in [6.45, 7) is 4.77. The van der Waals surface area contributed by atoms with Crippen LogP contribution in [0.2, 0.25) is 0 Å². The van der Waals surface area contributed by atoms with Crippen LogP contribution >= 0.6 is 15.9 Å². The number of hydrogen-bond acceptors (Lipinski definition) is 3. The van der Waals surface area contributed by atoms with Crippen molar-refractivity contribution >= 4 is 27.5 Å². The average molecular weight is 314 g/mol. The topological polar surface area (TPSA) is 81.1 Å². The Hall–Kier alpha value is -1.07. The van der Waals surface area contributed by atoms with Crippen molar-refractivity contribution in [3.05, 3.63) is 28.2 Å². The highest BCUT2D eigenvalue weighted by Gasteiger charge is 2.24. The molecule has 0 heterocycles. The summed E-state index contributed by atoms with van der Waals surface area (Å²) >= 11 is 3.44. The number of amides is 1. The third-order valence-electron chi connectivity index (χ3n) is 3.40. The summed E-state index contributed by atoms with van der Waals surface area (Å²) < 4.78 is 0.818. The minimum Gasteiger partial charge on any atom is -0.377 e. The molecule has 1 aromatic carbocycles. The van der Waals surface area contributed by atoms with Crippen molar-refractivity contribution in [1.82, 2.24) is 0 Å². The van der Waals surface area contributed by atoms with Crippen molar-refractivity contribution in [1.29, 1.82) is 0 Å². The third kappa shape index (κ3) is 3.23. The standard InChI is InChI=1S/C13H20BrN3O/c1-3-13(4-2,8-15)17-11-6-5-9(12(16)18)7-10(11)14/h5-7,17H,3-4,8,15H2,1-2H3,(H2,16,18). The predicted octanol–water partition coefficient (Wildman–Crippen LogP) is 2.48. The van der Waals surface area contributed by atoms with E-state index in [1.165, 1.54) is 0 Å². The van der Waals surface area contributed by atoms with E-state index in [0.29, 0.717) is 12.1 Å². The Morgan fingerprint density at radius 1 is 1.39 bits per heavy atom. The SMILES string of the molecule is CCC(CC)(CN)Nc1ccc(C(N)=O)cc1Br. The van der Waals surface area contributed by atoms with Crippen LogP contribution in [0.3, 0.4) is 0 Å². The van der Waals surface area contributed by atoms with Crippen LogP contribution in [0.25, 0.3) is 0 Å². The molecule has 100 valence electrons. The summed E-state index contributed by atoms with van der Waals surface area (Å²) in [4.78, 5) is 11.1. The first kappa shape index (κ1) is 15.0. The van der Waals surface area contributed by atoms with E-state index in [-0.39, 0.29) is 5.54 Å². The molecule has 0 saturated heterocycles. The van der Waals surface area contributed by atoms with E-state index in [4.69, 9.17) is 11.5 Å². The maximum atomic E-state index is 11.1. The van der Waals surface area contributed by atoms with E-state index >= 15 is 0 Å². The number of benzene rings is 1. The van der Waals surface area contributed by atoms with Crippen LogP contribution in [0, 0.1) is 0 Å². The molecule has 0 atom stereocenters. The lowest BCUT2D eigenvalue weighted by Gasteiger charge is -2.33. The molecule has 1 rings (SSSR count). The van der Waals surface area contributed by atoms with Crippen LogP contribution < -0.4 is 16.8 Å². The molecule has 5 N–H and O–H groups in total. The van der Waals surface area contributed by atoms with Gasteiger partial charge >= 0.3 is 0 Å². The zero-order valence-corrected chi connectivity index (χ0v) is 12.4. The van der Waals surface area contributed by atoms with Gasteiger partial charge in [-0.1, -0.05) is 13.8 Å².